The van der Waals surface area contributed by atoms with Gasteiger partial charge in [-0.15, -0.1) is 11.8 Å². The van der Waals surface area contributed by atoms with Crippen LogP contribution in [0, 0.1) is 25.7 Å². The van der Waals surface area contributed by atoms with Gasteiger partial charge in [0.1, 0.15) is 0 Å². The zero-order valence-electron chi connectivity index (χ0n) is 14.3. The molecule has 0 bridgehead atoms. The molecule has 0 aromatic heterocycles. The number of benzene rings is 1. The van der Waals surface area contributed by atoms with E-state index in [0.717, 1.165) is 18.4 Å². The Bertz CT molecular complexity index is 455. The lowest BCUT2D eigenvalue weighted by molar-refractivity contribution is 0.247. The van der Waals surface area contributed by atoms with Crippen molar-refractivity contribution in [1.29, 1.82) is 0 Å². The van der Waals surface area contributed by atoms with E-state index in [-0.39, 0.29) is 0 Å². The van der Waals surface area contributed by atoms with E-state index < -0.39 is 0 Å². The third kappa shape index (κ3) is 4.50. The number of hydrogen-bond donors (Lipinski definition) is 1. The maximum absolute atomic E-state index is 3.72. The Morgan fingerprint density at radius 2 is 1.95 bits per heavy atom. The van der Waals surface area contributed by atoms with Crippen molar-refractivity contribution in [3.8, 4) is 0 Å². The Morgan fingerprint density at radius 3 is 2.57 bits per heavy atom. The van der Waals surface area contributed by atoms with Crippen LogP contribution < -0.4 is 5.32 Å². The molecule has 3 atom stereocenters. The summed E-state index contributed by atoms with van der Waals surface area (Å²) in [6.07, 6.45) is 4.07. The molecule has 1 aliphatic carbocycles. The summed E-state index contributed by atoms with van der Waals surface area (Å²) in [5.74, 6) is 1.71. The van der Waals surface area contributed by atoms with Gasteiger partial charge in [-0.3, -0.25) is 0 Å². The first-order valence-electron chi connectivity index (χ1n) is 8.48. The van der Waals surface area contributed by atoms with Gasteiger partial charge in [0.2, 0.25) is 0 Å². The van der Waals surface area contributed by atoms with Gasteiger partial charge < -0.3 is 5.32 Å². The topological polar surface area (TPSA) is 12.0 Å². The highest BCUT2D eigenvalue weighted by Gasteiger charge is 2.31. The van der Waals surface area contributed by atoms with E-state index >= 15 is 0 Å². The van der Waals surface area contributed by atoms with Gasteiger partial charge in [0.15, 0.2) is 0 Å². The standard InChI is InChI=1S/C19H31NS/c1-6-20-18-10-8-16(13(2)3)12-19(18)21-17-9-7-14(4)15(5)11-17/h7,9,11,13,16,18-20H,6,8,10,12H2,1-5H3. The molecule has 118 valence electrons. The molecule has 2 rings (SSSR count). The zero-order chi connectivity index (χ0) is 15.4. The van der Waals surface area contributed by atoms with Crippen molar-refractivity contribution in [2.24, 2.45) is 11.8 Å². The quantitative estimate of drug-likeness (QED) is 0.802. The first-order chi connectivity index (χ1) is 10.0. The molecule has 1 saturated carbocycles. The number of thioether (sulfide) groups is 1. The highest BCUT2D eigenvalue weighted by Crippen LogP contribution is 2.39. The highest BCUT2D eigenvalue weighted by molar-refractivity contribution is 8.00. The van der Waals surface area contributed by atoms with Crippen molar-refractivity contribution >= 4 is 11.8 Å². The van der Waals surface area contributed by atoms with E-state index in [1.54, 1.807) is 0 Å². The number of rotatable bonds is 5. The summed E-state index contributed by atoms with van der Waals surface area (Å²) in [6.45, 7) is 12.5. The van der Waals surface area contributed by atoms with Crippen LogP contribution in [-0.4, -0.2) is 17.8 Å². The maximum atomic E-state index is 3.72. The summed E-state index contributed by atoms with van der Waals surface area (Å²) < 4.78 is 0. The number of aryl methyl sites for hydroxylation is 2. The minimum Gasteiger partial charge on any atom is -0.313 e. The molecule has 0 saturated heterocycles. The number of hydrogen-bond acceptors (Lipinski definition) is 2. The third-order valence-electron chi connectivity index (χ3n) is 5.01. The molecule has 21 heavy (non-hydrogen) atoms. The summed E-state index contributed by atoms with van der Waals surface area (Å²) >= 11 is 2.09. The van der Waals surface area contributed by atoms with Gasteiger partial charge in [0, 0.05) is 16.2 Å². The van der Waals surface area contributed by atoms with E-state index in [2.05, 4.69) is 69.9 Å². The average molecular weight is 306 g/mol. The summed E-state index contributed by atoms with van der Waals surface area (Å²) in [5.41, 5.74) is 2.81. The summed E-state index contributed by atoms with van der Waals surface area (Å²) in [5, 5.41) is 4.44. The average Bonchev–Trinajstić information content (AvgIpc) is 2.45. The van der Waals surface area contributed by atoms with Crippen molar-refractivity contribution in [3.05, 3.63) is 29.3 Å². The first kappa shape index (κ1) is 16.9. The predicted octanol–water partition coefficient (Wildman–Crippen LogP) is 5.20. The molecule has 3 unspecified atom stereocenters. The molecule has 2 heteroatoms. The molecule has 0 radical (unpaired) electrons. The molecule has 0 amide bonds. The molecule has 1 fully saturated rings. The normalized spacial score (nSPS) is 26.3. The van der Waals surface area contributed by atoms with E-state index in [0.29, 0.717) is 11.3 Å². The van der Waals surface area contributed by atoms with Crippen LogP contribution in [0.1, 0.15) is 51.2 Å². The fourth-order valence-electron chi connectivity index (χ4n) is 3.35. The van der Waals surface area contributed by atoms with Crippen LogP contribution in [0.2, 0.25) is 0 Å². The largest absolute Gasteiger partial charge is 0.313 e. The minimum absolute atomic E-state index is 0.677. The van der Waals surface area contributed by atoms with Crippen molar-refractivity contribution < 1.29 is 0 Å². The Hall–Kier alpha value is -0.470. The lowest BCUT2D eigenvalue weighted by Gasteiger charge is -2.38. The minimum atomic E-state index is 0.677. The Balaban J connectivity index is 2.09. The molecule has 0 spiro atoms. The number of nitrogens with one attached hydrogen (secondary N) is 1. The van der Waals surface area contributed by atoms with E-state index in [4.69, 9.17) is 0 Å². The van der Waals surface area contributed by atoms with Crippen LogP contribution in [0.25, 0.3) is 0 Å². The molecular formula is C19H31NS. The van der Waals surface area contributed by atoms with Gasteiger partial charge >= 0.3 is 0 Å². The van der Waals surface area contributed by atoms with E-state index in [9.17, 15) is 0 Å². The fraction of sp³-hybridized carbons (Fsp3) is 0.684. The van der Waals surface area contributed by atoms with Crippen molar-refractivity contribution in [2.45, 2.75) is 70.1 Å². The van der Waals surface area contributed by atoms with E-state index in [1.807, 2.05) is 0 Å². The Kier molecular flexibility index (Phi) is 6.19. The van der Waals surface area contributed by atoms with Crippen molar-refractivity contribution in [2.75, 3.05) is 6.54 Å². The van der Waals surface area contributed by atoms with Crippen LogP contribution in [0.3, 0.4) is 0 Å². The lowest BCUT2D eigenvalue weighted by atomic mass is 9.79. The van der Waals surface area contributed by atoms with Gasteiger partial charge in [-0.2, -0.15) is 0 Å². The van der Waals surface area contributed by atoms with Crippen LogP contribution in [0.4, 0.5) is 0 Å². The summed E-state index contributed by atoms with van der Waals surface area (Å²) in [6, 6.07) is 7.61. The van der Waals surface area contributed by atoms with Crippen LogP contribution in [0.5, 0.6) is 0 Å². The molecule has 1 nitrogen and oxygen atoms in total. The van der Waals surface area contributed by atoms with Gasteiger partial charge in [-0.05, 0) is 74.8 Å². The monoisotopic (exact) mass is 305 g/mol. The maximum Gasteiger partial charge on any atom is 0.0251 e. The smallest absolute Gasteiger partial charge is 0.0251 e. The molecule has 0 aliphatic heterocycles. The van der Waals surface area contributed by atoms with Gasteiger partial charge in [-0.1, -0.05) is 26.8 Å². The van der Waals surface area contributed by atoms with Crippen molar-refractivity contribution in [3.63, 3.8) is 0 Å². The molecule has 0 heterocycles. The molecule has 1 aromatic carbocycles. The van der Waals surface area contributed by atoms with Gasteiger partial charge in [-0.25, -0.2) is 0 Å². The van der Waals surface area contributed by atoms with Crippen molar-refractivity contribution in [1.82, 2.24) is 5.32 Å². The first-order valence-corrected chi connectivity index (χ1v) is 9.36. The Morgan fingerprint density at radius 1 is 1.19 bits per heavy atom. The van der Waals surface area contributed by atoms with Gasteiger partial charge in [0.05, 0.1) is 0 Å². The molecule has 1 N–H and O–H groups in total. The fourth-order valence-corrected chi connectivity index (χ4v) is 4.83. The molecule has 1 aliphatic rings. The SMILES string of the molecule is CCNC1CCC(C(C)C)CC1Sc1ccc(C)c(C)c1. The second-order valence-corrected chi connectivity index (χ2v) is 8.20. The molecular weight excluding hydrogens is 274 g/mol. The third-order valence-corrected chi connectivity index (χ3v) is 6.36. The van der Waals surface area contributed by atoms with Crippen LogP contribution in [-0.2, 0) is 0 Å². The summed E-state index contributed by atoms with van der Waals surface area (Å²) in [7, 11) is 0. The lowest BCUT2D eigenvalue weighted by Crippen LogP contribution is -2.43. The second kappa shape index (κ2) is 7.69. The second-order valence-electron chi connectivity index (χ2n) is 6.88. The zero-order valence-corrected chi connectivity index (χ0v) is 15.1. The molecule has 1 aromatic rings. The Labute approximate surface area is 135 Å². The summed E-state index contributed by atoms with van der Waals surface area (Å²) in [4.78, 5) is 1.44. The van der Waals surface area contributed by atoms with E-state index in [1.165, 1.54) is 35.3 Å². The van der Waals surface area contributed by atoms with Gasteiger partial charge in [0.25, 0.3) is 0 Å². The predicted molar refractivity (Wildman–Crippen MR) is 95.2 cm³/mol. The highest BCUT2D eigenvalue weighted by atomic mass is 32.2. The van der Waals surface area contributed by atoms with Crippen LogP contribution in [0.15, 0.2) is 23.1 Å². The van der Waals surface area contributed by atoms with Crippen LogP contribution >= 0.6 is 11.8 Å².